The standard InChI is InChI=1S/C19H22N2O6/c1-13-11-16(14(2)21(13)8-4-5-18(23)26-3)17(22)12-27-19(24)15-6-9-20(25)10-7-15/h6-7,9-11H,4-5,8,12H2,1-3H3. The molecule has 0 bridgehead atoms. The number of methoxy groups -OCH3 is 1. The molecule has 2 rings (SSSR count). The molecule has 0 spiro atoms. The van der Waals surface area contributed by atoms with Crippen molar-refractivity contribution >= 4 is 17.7 Å². The molecule has 0 aliphatic carbocycles. The van der Waals surface area contributed by atoms with Gasteiger partial charge in [0.2, 0.25) is 5.78 Å². The normalized spacial score (nSPS) is 10.5. The number of carbonyl (C=O) groups is 3. The monoisotopic (exact) mass is 374 g/mol. The lowest BCUT2D eigenvalue weighted by molar-refractivity contribution is -0.605. The Morgan fingerprint density at radius 1 is 1.19 bits per heavy atom. The van der Waals surface area contributed by atoms with Gasteiger partial charge in [-0.25, -0.2) is 4.79 Å². The van der Waals surface area contributed by atoms with E-state index in [0.717, 1.165) is 11.4 Å². The van der Waals surface area contributed by atoms with Gasteiger partial charge in [0.05, 0.1) is 12.7 Å². The van der Waals surface area contributed by atoms with Crippen LogP contribution in [-0.2, 0) is 20.8 Å². The number of esters is 2. The first kappa shape index (κ1) is 20.2. The number of rotatable bonds is 8. The van der Waals surface area contributed by atoms with Gasteiger partial charge in [-0.05, 0) is 26.3 Å². The Labute approximate surface area is 156 Å². The number of hydrogen-bond donors (Lipinski definition) is 0. The van der Waals surface area contributed by atoms with Gasteiger partial charge in [-0.15, -0.1) is 0 Å². The zero-order chi connectivity index (χ0) is 20.0. The summed E-state index contributed by atoms with van der Waals surface area (Å²) < 4.78 is 12.2. The Kier molecular flexibility index (Phi) is 6.70. The van der Waals surface area contributed by atoms with E-state index in [-0.39, 0.29) is 17.3 Å². The van der Waals surface area contributed by atoms with Gasteiger partial charge in [-0.2, -0.15) is 4.73 Å². The Morgan fingerprint density at radius 3 is 2.48 bits per heavy atom. The largest absolute Gasteiger partial charge is 0.619 e. The highest BCUT2D eigenvalue weighted by Gasteiger charge is 2.18. The molecule has 0 radical (unpaired) electrons. The van der Waals surface area contributed by atoms with Gasteiger partial charge < -0.3 is 19.2 Å². The van der Waals surface area contributed by atoms with E-state index in [1.165, 1.54) is 31.6 Å². The third-order valence-corrected chi connectivity index (χ3v) is 4.24. The predicted octanol–water partition coefficient (Wildman–Crippen LogP) is 1.73. The van der Waals surface area contributed by atoms with Crippen molar-refractivity contribution in [3.63, 3.8) is 0 Å². The fourth-order valence-electron chi connectivity index (χ4n) is 2.75. The molecule has 0 fully saturated rings. The van der Waals surface area contributed by atoms with Gasteiger partial charge in [-0.1, -0.05) is 0 Å². The SMILES string of the molecule is COC(=O)CCCn1c(C)cc(C(=O)COC(=O)c2cc[n+]([O-])cc2)c1C. The van der Waals surface area contributed by atoms with Crippen molar-refractivity contribution in [1.29, 1.82) is 0 Å². The fourth-order valence-corrected chi connectivity index (χ4v) is 2.75. The molecule has 8 heteroatoms. The van der Waals surface area contributed by atoms with Gasteiger partial charge in [0.25, 0.3) is 0 Å². The van der Waals surface area contributed by atoms with Gasteiger partial charge in [0.1, 0.15) is 0 Å². The predicted molar refractivity (Wildman–Crippen MR) is 95.2 cm³/mol. The highest BCUT2D eigenvalue weighted by Crippen LogP contribution is 2.17. The van der Waals surface area contributed by atoms with Crippen LogP contribution in [0.5, 0.6) is 0 Å². The van der Waals surface area contributed by atoms with Crippen LogP contribution in [0.3, 0.4) is 0 Å². The number of aryl methyl sites for hydroxylation is 1. The van der Waals surface area contributed by atoms with Crippen LogP contribution < -0.4 is 4.73 Å². The van der Waals surface area contributed by atoms with Crippen molar-refractivity contribution in [2.24, 2.45) is 0 Å². The second kappa shape index (κ2) is 8.98. The zero-order valence-corrected chi connectivity index (χ0v) is 15.6. The molecular weight excluding hydrogens is 352 g/mol. The highest BCUT2D eigenvalue weighted by molar-refractivity contribution is 6.00. The Balaban J connectivity index is 1.97. The molecule has 2 aromatic rings. The summed E-state index contributed by atoms with van der Waals surface area (Å²) in [7, 11) is 1.35. The summed E-state index contributed by atoms with van der Waals surface area (Å²) in [5, 5.41) is 11.0. The molecule has 0 atom stereocenters. The van der Waals surface area contributed by atoms with Gasteiger partial charge in [0, 0.05) is 42.0 Å². The molecule has 0 aliphatic rings. The van der Waals surface area contributed by atoms with Crippen LogP contribution in [-0.4, -0.2) is 36.0 Å². The number of ketones is 1. The van der Waals surface area contributed by atoms with E-state index in [9.17, 15) is 19.6 Å². The van der Waals surface area contributed by atoms with Gasteiger partial charge in [0.15, 0.2) is 19.0 Å². The average Bonchev–Trinajstić information content (AvgIpc) is 2.94. The molecular formula is C19H22N2O6. The minimum Gasteiger partial charge on any atom is -0.619 e. The van der Waals surface area contributed by atoms with E-state index < -0.39 is 12.6 Å². The lowest BCUT2D eigenvalue weighted by Crippen LogP contribution is -2.24. The van der Waals surface area contributed by atoms with E-state index >= 15 is 0 Å². The van der Waals surface area contributed by atoms with Crippen molar-refractivity contribution in [2.45, 2.75) is 33.2 Å². The van der Waals surface area contributed by atoms with Crippen LogP contribution in [0, 0.1) is 19.1 Å². The number of ether oxygens (including phenoxy) is 2. The minimum absolute atomic E-state index is 0.197. The number of aromatic nitrogens is 2. The lowest BCUT2D eigenvalue weighted by Gasteiger charge is -2.09. The first-order valence-electron chi connectivity index (χ1n) is 8.46. The van der Waals surface area contributed by atoms with Crippen LogP contribution >= 0.6 is 0 Å². The number of hydrogen-bond acceptors (Lipinski definition) is 6. The smallest absolute Gasteiger partial charge is 0.339 e. The lowest BCUT2D eigenvalue weighted by atomic mass is 10.1. The Hall–Kier alpha value is -3.16. The fraction of sp³-hybridized carbons (Fsp3) is 0.368. The molecule has 0 amide bonds. The Bertz CT molecular complexity index is 839. The van der Waals surface area contributed by atoms with Crippen LogP contribution in [0.2, 0.25) is 0 Å². The molecule has 8 nitrogen and oxygen atoms in total. The minimum atomic E-state index is -0.671. The number of pyridine rings is 1. The molecule has 0 unspecified atom stereocenters. The highest BCUT2D eigenvalue weighted by atomic mass is 16.5. The third kappa shape index (κ3) is 5.16. The van der Waals surface area contributed by atoms with Crippen molar-refractivity contribution in [3.05, 3.63) is 58.3 Å². The number of nitrogens with zero attached hydrogens (tertiary/aromatic N) is 2. The summed E-state index contributed by atoms with van der Waals surface area (Å²) in [6.07, 6.45) is 3.26. The van der Waals surface area contributed by atoms with Crippen LogP contribution in [0.4, 0.5) is 0 Å². The molecule has 2 aromatic heterocycles. The molecule has 0 saturated carbocycles. The average molecular weight is 374 g/mol. The van der Waals surface area contributed by atoms with E-state index in [2.05, 4.69) is 4.74 Å². The van der Waals surface area contributed by atoms with E-state index in [4.69, 9.17) is 4.74 Å². The van der Waals surface area contributed by atoms with Gasteiger partial charge in [-0.3, -0.25) is 9.59 Å². The summed E-state index contributed by atoms with van der Waals surface area (Å²) in [5.74, 6) is -1.26. The molecule has 27 heavy (non-hydrogen) atoms. The molecule has 144 valence electrons. The number of carbonyl (C=O) groups excluding carboxylic acids is 3. The number of Topliss-reactive ketones (excluding diaryl/α,β-unsaturated/α-hetero) is 1. The molecule has 0 aromatic carbocycles. The van der Waals surface area contributed by atoms with Crippen molar-refractivity contribution < 1.29 is 28.6 Å². The first-order valence-corrected chi connectivity index (χ1v) is 8.46. The molecule has 2 heterocycles. The van der Waals surface area contributed by atoms with E-state index in [0.29, 0.717) is 29.7 Å². The topological polar surface area (TPSA) is 102 Å². The maximum Gasteiger partial charge on any atom is 0.339 e. The summed E-state index contributed by atoms with van der Waals surface area (Å²) in [4.78, 5) is 35.6. The molecule has 0 aliphatic heterocycles. The first-order chi connectivity index (χ1) is 12.8. The van der Waals surface area contributed by atoms with Gasteiger partial charge >= 0.3 is 11.9 Å². The maximum atomic E-state index is 12.4. The van der Waals surface area contributed by atoms with Crippen LogP contribution in [0.15, 0.2) is 30.6 Å². The second-order valence-electron chi connectivity index (χ2n) is 6.06. The van der Waals surface area contributed by atoms with Crippen molar-refractivity contribution in [2.75, 3.05) is 13.7 Å². The van der Waals surface area contributed by atoms with Crippen molar-refractivity contribution in [3.8, 4) is 0 Å². The Morgan fingerprint density at radius 2 is 1.85 bits per heavy atom. The van der Waals surface area contributed by atoms with E-state index in [1.807, 2.05) is 18.4 Å². The second-order valence-corrected chi connectivity index (χ2v) is 6.06. The van der Waals surface area contributed by atoms with Crippen LogP contribution in [0.1, 0.15) is 44.9 Å². The van der Waals surface area contributed by atoms with E-state index in [1.54, 1.807) is 6.07 Å². The molecule has 0 N–H and O–H groups in total. The maximum absolute atomic E-state index is 12.4. The van der Waals surface area contributed by atoms with Crippen molar-refractivity contribution in [1.82, 2.24) is 4.57 Å². The third-order valence-electron chi connectivity index (χ3n) is 4.24. The summed E-state index contributed by atoms with van der Waals surface area (Å²) in [6, 6.07) is 4.40. The quantitative estimate of drug-likeness (QED) is 0.302. The summed E-state index contributed by atoms with van der Waals surface area (Å²) >= 11 is 0. The van der Waals surface area contributed by atoms with Crippen LogP contribution in [0.25, 0.3) is 0 Å². The summed E-state index contributed by atoms with van der Waals surface area (Å²) in [5.41, 5.74) is 2.31. The summed E-state index contributed by atoms with van der Waals surface area (Å²) in [6.45, 7) is 3.87. The zero-order valence-electron chi connectivity index (χ0n) is 15.6. The molecule has 0 saturated heterocycles.